The standard InChI is InChI=1S/C13H19N3S/c1-10-7-15-16(9-10)12(3)11(2)14-8-13-5-4-6-17-13/h4-7,9,11-12,14H,8H2,1-3H3/t11-,12-/m1/s1. The summed E-state index contributed by atoms with van der Waals surface area (Å²) in [6.07, 6.45) is 4.00. The lowest BCUT2D eigenvalue weighted by Gasteiger charge is -2.21. The first-order valence-corrected chi connectivity index (χ1v) is 6.81. The summed E-state index contributed by atoms with van der Waals surface area (Å²) in [5.41, 5.74) is 1.21. The van der Waals surface area contributed by atoms with E-state index in [0.29, 0.717) is 12.1 Å². The molecule has 0 fully saturated rings. The Bertz CT molecular complexity index is 447. The predicted octanol–water partition coefficient (Wildman–Crippen LogP) is 2.99. The molecule has 0 bridgehead atoms. The van der Waals surface area contributed by atoms with Crippen molar-refractivity contribution < 1.29 is 0 Å². The van der Waals surface area contributed by atoms with E-state index in [1.54, 1.807) is 11.3 Å². The quantitative estimate of drug-likeness (QED) is 0.883. The minimum atomic E-state index is 0.365. The van der Waals surface area contributed by atoms with Gasteiger partial charge in [0.05, 0.1) is 12.2 Å². The van der Waals surface area contributed by atoms with Crippen LogP contribution in [0.3, 0.4) is 0 Å². The number of hydrogen-bond donors (Lipinski definition) is 1. The van der Waals surface area contributed by atoms with Crippen LogP contribution in [-0.4, -0.2) is 15.8 Å². The fourth-order valence-corrected chi connectivity index (χ4v) is 2.39. The molecule has 3 nitrogen and oxygen atoms in total. The van der Waals surface area contributed by atoms with E-state index in [-0.39, 0.29) is 0 Å². The average molecular weight is 249 g/mol. The lowest BCUT2D eigenvalue weighted by molar-refractivity contribution is 0.366. The third kappa shape index (κ3) is 3.17. The minimum absolute atomic E-state index is 0.365. The lowest BCUT2D eigenvalue weighted by Crippen LogP contribution is -2.33. The molecule has 92 valence electrons. The van der Waals surface area contributed by atoms with Crippen LogP contribution >= 0.6 is 11.3 Å². The highest BCUT2D eigenvalue weighted by molar-refractivity contribution is 7.09. The fraction of sp³-hybridized carbons (Fsp3) is 0.462. The average Bonchev–Trinajstić information content (AvgIpc) is 2.95. The van der Waals surface area contributed by atoms with Gasteiger partial charge < -0.3 is 5.32 Å². The van der Waals surface area contributed by atoms with Crippen LogP contribution in [0.25, 0.3) is 0 Å². The van der Waals surface area contributed by atoms with Crippen molar-refractivity contribution in [3.05, 3.63) is 40.3 Å². The molecule has 0 saturated heterocycles. The van der Waals surface area contributed by atoms with Crippen LogP contribution in [0.5, 0.6) is 0 Å². The number of thiophene rings is 1. The molecular formula is C13H19N3S. The maximum atomic E-state index is 4.36. The monoisotopic (exact) mass is 249 g/mol. The van der Waals surface area contributed by atoms with Crippen LogP contribution in [0.2, 0.25) is 0 Å². The lowest BCUT2D eigenvalue weighted by atomic mass is 10.1. The molecule has 1 N–H and O–H groups in total. The van der Waals surface area contributed by atoms with E-state index in [0.717, 1.165) is 6.54 Å². The molecule has 2 rings (SSSR count). The second-order valence-electron chi connectivity index (χ2n) is 4.49. The summed E-state index contributed by atoms with van der Waals surface area (Å²) in [6, 6.07) is 5.01. The predicted molar refractivity (Wildman–Crippen MR) is 72.3 cm³/mol. The van der Waals surface area contributed by atoms with Gasteiger partial charge in [-0.3, -0.25) is 4.68 Å². The van der Waals surface area contributed by atoms with Gasteiger partial charge in [0.1, 0.15) is 0 Å². The van der Waals surface area contributed by atoms with E-state index in [9.17, 15) is 0 Å². The molecule has 17 heavy (non-hydrogen) atoms. The fourth-order valence-electron chi connectivity index (χ4n) is 1.73. The first kappa shape index (κ1) is 12.3. The number of aromatic nitrogens is 2. The molecular weight excluding hydrogens is 230 g/mol. The van der Waals surface area contributed by atoms with Crippen molar-refractivity contribution in [3.63, 3.8) is 0 Å². The molecule has 2 heterocycles. The molecule has 0 unspecified atom stereocenters. The van der Waals surface area contributed by atoms with E-state index < -0.39 is 0 Å². The van der Waals surface area contributed by atoms with Crippen molar-refractivity contribution in [2.24, 2.45) is 0 Å². The van der Waals surface area contributed by atoms with Crippen molar-refractivity contribution in [2.75, 3.05) is 0 Å². The summed E-state index contributed by atoms with van der Waals surface area (Å²) in [5.74, 6) is 0. The van der Waals surface area contributed by atoms with Gasteiger partial charge in [-0.25, -0.2) is 0 Å². The SMILES string of the molecule is Cc1cnn([C@H](C)[C@@H](C)NCc2cccs2)c1. The third-order valence-electron chi connectivity index (χ3n) is 3.05. The normalized spacial score (nSPS) is 14.8. The van der Waals surface area contributed by atoms with Gasteiger partial charge >= 0.3 is 0 Å². The molecule has 2 atom stereocenters. The summed E-state index contributed by atoms with van der Waals surface area (Å²) in [7, 11) is 0. The van der Waals surface area contributed by atoms with E-state index >= 15 is 0 Å². The number of rotatable bonds is 5. The summed E-state index contributed by atoms with van der Waals surface area (Å²) in [4.78, 5) is 1.38. The Labute approximate surface area is 106 Å². The zero-order valence-corrected chi connectivity index (χ0v) is 11.4. The minimum Gasteiger partial charge on any atom is -0.307 e. The zero-order chi connectivity index (χ0) is 12.3. The molecule has 0 radical (unpaired) electrons. The zero-order valence-electron chi connectivity index (χ0n) is 10.6. The van der Waals surface area contributed by atoms with Gasteiger partial charge in [0.2, 0.25) is 0 Å². The number of nitrogens with zero attached hydrogens (tertiary/aromatic N) is 2. The summed E-state index contributed by atoms with van der Waals surface area (Å²) in [5, 5.41) is 10.0. The third-order valence-corrected chi connectivity index (χ3v) is 3.93. The first-order valence-electron chi connectivity index (χ1n) is 5.93. The highest BCUT2D eigenvalue weighted by Crippen LogP contribution is 2.13. The van der Waals surface area contributed by atoms with Crippen molar-refractivity contribution in [3.8, 4) is 0 Å². The second-order valence-corrected chi connectivity index (χ2v) is 5.52. The van der Waals surface area contributed by atoms with Gasteiger partial charge in [-0.05, 0) is 37.8 Å². The van der Waals surface area contributed by atoms with Crippen molar-refractivity contribution in [2.45, 2.75) is 39.4 Å². The van der Waals surface area contributed by atoms with Gasteiger partial charge in [0.25, 0.3) is 0 Å². The van der Waals surface area contributed by atoms with Crippen LogP contribution in [0.4, 0.5) is 0 Å². The van der Waals surface area contributed by atoms with Crippen LogP contribution in [0, 0.1) is 6.92 Å². The topological polar surface area (TPSA) is 29.9 Å². The summed E-state index contributed by atoms with van der Waals surface area (Å²) < 4.78 is 2.03. The van der Waals surface area contributed by atoms with E-state index in [4.69, 9.17) is 0 Å². The Hall–Kier alpha value is -1.13. The Morgan fingerprint density at radius 1 is 1.47 bits per heavy atom. The van der Waals surface area contributed by atoms with E-state index in [1.165, 1.54) is 10.4 Å². The smallest absolute Gasteiger partial charge is 0.0641 e. The molecule has 0 spiro atoms. The van der Waals surface area contributed by atoms with Gasteiger partial charge in [-0.2, -0.15) is 5.10 Å². The molecule has 2 aromatic heterocycles. The number of hydrogen-bond acceptors (Lipinski definition) is 3. The number of nitrogens with one attached hydrogen (secondary N) is 1. The van der Waals surface area contributed by atoms with Crippen molar-refractivity contribution >= 4 is 11.3 Å². The van der Waals surface area contributed by atoms with Crippen LogP contribution in [-0.2, 0) is 6.54 Å². The Morgan fingerprint density at radius 3 is 2.88 bits per heavy atom. The second kappa shape index (κ2) is 5.47. The molecule has 0 amide bonds. The molecule has 0 saturated carbocycles. The van der Waals surface area contributed by atoms with Crippen LogP contribution in [0.1, 0.15) is 30.3 Å². The number of aryl methyl sites for hydroxylation is 1. The largest absolute Gasteiger partial charge is 0.307 e. The van der Waals surface area contributed by atoms with E-state index in [2.05, 4.69) is 54.9 Å². The van der Waals surface area contributed by atoms with Gasteiger partial charge in [-0.15, -0.1) is 11.3 Å². The van der Waals surface area contributed by atoms with Crippen molar-refractivity contribution in [1.29, 1.82) is 0 Å². The maximum absolute atomic E-state index is 4.36. The van der Waals surface area contributed by atoms with E-state index in [1.807, 2.05) is 10.9 Å². The van der Waals surface area contributed by atoms with Crippen LogP contribution in [0.15, 0.2) is 29.9 Å². The molecule has 4 heteroatoms. The Morgan fingerprint density at radius 2 is 2.29 bits per heavy atom. The molecule has 0 aliphatic carbocycles. The van der Waals surface area contributed by atoms with Crippen molar-refractivity contribution in [1.82, 2.24) is 15.1 Å². The first-order chi connectivity index (χ1) is 8.16. The van der Waals surface area contributed by atoms with Gasteiger partial charge in [-0.1, -0.05) is 6.07 Å². The molecule has 0 aliphatic heterocycles. The van der Waals surface area contributed by atoms with Gasteiger partial charge in [0.15, 0.2) is 0 Å². The highest BCUT2D eigenvalue weighted by Gasteiger charge is 2.14. The molecule has 0 aromatic carbocycles. The highest BCUT2D eigenvalue weighted by atomic mass is 32.1. The Kier molecular flexibility index (Phi) is 3.97. The molecule has 2 aromatic rings. The van der Waals surface area contributed by atoms with Gasteiger partial charge in [0, 0.05) is 23.7 Å². The summed E-state index contributed by atoms with van der Waals surface area (Å²) in [6.45, 7) is 7.40. The maximum Gasteiger partial charge on any atom is 0.0641 e. The van der Waals surface area contributed by atoms with Crippen LogP contribution < -0.4 is 5.32 Å². The molecule has 0 aliphatic rings. The summed E-state index contributed by atoms with van der Waals surface area (Å²) >= 11 is 1.79. The Balaban J connectivity index is 1.89.